The zero-order valence-corrected chi connectivity index (χ0v) is 16.2. The average Bonchev–Trinajstić information content (AvgIpc) is 3.35. The van der Waals surface area contributed by atoms with Crippen LogP contribution in [0.5, 0.6) is 0 Å². The molecular formula is C22H25N5O. The molecule has 5 rings (SSSR count). The number of fused-ring (bicyclic) bond motifs is 3. The molecule has 0 N–H and O–H groups in total. The first-order valence-corrected chi connectivity index (χ1v) is 10.1. The van der Waals surface area contributed by atoms with Gasteiger partial charge in [-0.05, 0) is 31.2 Å². The molecule has 6 heteroatoms. The van der Waals surface area contributed by atoms with Crippen molar-refractivity contribution in [3.05, 3.63) is 54.4 Å². The van der Waals surface area contributed by atoms with Crippen LogP contribution in [-0.2, 0) is 17.7 Å². The number of rotatable bonds is 5. The normalized spacial score (nSPS) is 15.6. The third-order valence-electron chi connectivity index (χ3n) is 5.72. The van der Waals surface area contributed by atoms with E-state index in [2.05, 4.69) is 69.2 Å². The van der Waals surface area contributed by atoms with E-state index < -0.39 is 0 Å². The second kappa shape index (κ2) is 7.37. The molecule has 0 aliphatic carbocycles. The smallest absolute Gasteiger partial charge is 0.0730 e. The Morgan fingerprint density at radius 2 is 1.82 bits per heavy atom. The van der Waals surface area contributed by atoms with Crippen LogP contribution in [-0.4, -0.2) is 57.3 Å². The van der Waals surface area contributed by atoms with Gasteiger partial charge >= 0.3 is 0 Å². The van der Waals surface area contributed by atoms with Gasteiger partial charge in [0.15, 0.2) is 0 Å². The maximum atomic E-state index is 5.44. The maximum absolute atomic E-state index is 5.44. The number of ether oxygens (including phenoxy) is 1. The summed E-state index contributed by atoms with van der Waals surface area (Å²) < 4.78 is 9.80. The van der Waals surface area contributed by atoms with E-state index >= 15 is 0 Å². The quantitative estimate of drug-likeness (QED) is 0.537. The van der Waals surface area contributed by atoms with E-state index in [1.807, 2.05) is 10.9 Å². The summed E-state index contributed by atoms with van der Waals surface area (Å²) in [6, 6.07) is 15.2. The van der Waals surface area contributed by atoms with Crippen LogP contribution in [0.4, 0.5) is 0 Å². The van der Waals surface area contributed by atoms with E-state index in [-0.39, 0.29) is 0 Å². The molecule has 0 amide bonds. The monoisotopic (exact) mass is 375 g/mol. The Bertz CT molecular complexity index is 1110. The van der Waals surface area contributed by atoms with Crippen LogP contribution in [0.2, 0.25) is 0 Å². The Balaban J connectivity index is 1.50. The zero-order valence-electron chi connectivity index (χ0n) is 16.2. The molecule has 0 bridgehead atoms. The molecule has 0 atom stereocenters. The zero-order chi connectivity index (χ0) is 18.9. The minimum absolute atomic E-state index is 0.829. The Hall–Kier alpha value is -2.70. The molecule has 0 radical (unpaired) electrons. The van der Waals surface area contributed by atoms with Crippen LogP contribution < -0.4 is 0 Å². The summed E-state index contributed by atoms with van der Waals surface area (Å²) in [5, 5.41) is 11.1. The van der Waals surface area contributed by atoms with Crippen molar-refractivity contribution >= 4 is 21.8 Å². The molecule has 144 valence electrons. The molecule has 1 fully saturated rings. The second-order valence-corrected chi connectivity index (χ2v) is 7.30. The van der Waals surface area contributed by atoms with Gasteiger partial charge in [-0.3, -0.25) is 4.90 Å². The van der Waals surface area contributed by atoms with Gasteiger partial charge < -0.3 is 9.30 Å². The van der Waals surface area contributed by atoms with Crippen molar-refractivity contribution in [2.75, 3.05) is 32.8 Å². The fraction of sp³-hybridized carbons (Fsp3) is 0.364. The number of aryl methyl sites for hydroxylation is 1. The highest BCUT2D eigenvalue weighted by molar-refractivity contribution is 6.08. The number of morpholine rings is 1. The van der Waals surface area contributed by atoms with Crippen molar-refractivity contribution in [2.24, 2.45) is 0 Å². The van der Waals surface area contributed by atoms with Crippen molar-refractivity contribution in [3.63, 3.8) is 0 Å². The molecule has 0 saturated carbocycles. The maximum Gasteiger partial charge on any atom is 0.0730 e. The Morgan fingerprint density at radius 1 is 1.00 bits per heavy atom. The molecule has 28 heavy (non-hydrogen) atoms. The first kappa shape index (κ1) is 17.4. The van der Waals surface area contributed by atoms with E-state index in [1.54, 1.807) is 0 Å². The average molecular weight is 375 g/mol. The number of para-hydroxylation sites is 1. The standard InChI is InChI=1S/C22H25N5O/c1-2-26-21-6-4-3-5-19(21)20-15-17(7-8-22(20)26)27-18(16-23-24-27)9-10-25-11-13-28-14-12-25/h3-8,15-16H,2,9-14H2,1H3. The van der Waals surface area contributed by atoms with E-state index in [1.165, 1.54) is 21.8 Å². The van der Waals surface area contributed by atoms with Crippen molar-refractivity contribution in [1.82, 2.24) is 24.5 Å². The minimum atomic E-state index is 0.829. The highest BCUT2D eigenvalue weighted by atomic mass is 16.5. The van der Waals surface area contributed by atoms with Gasteiger partial charge in [0.25, 0.3) is 0 Å². The fourth-order valence-corrected chi connectivity index (χ4v) is 4.26. The van der Waals surface area contributed by atoms with Gasteiger partial charge in [-0.2, -0.15) is 0 Å². The third-order valence-corrected chi connectivity index (χ3v) is 5.72. The SMILES string of the molecule is CCn1c2ccccc2c2cc(-n3nncc3CCN3CCOCC3)ccc21. The highest BCUT2D eigenvalue weighted by Crippen LogP contribution is 2.30. The predicted octanol–water partition coefficient (Wildman–Crippen LogP) is 3.27. The molecule has 0 unspecified atom stereocenters. The number of aromatic nitrogens is 4. The summed E-state index contributed by atoms with van der Waals surface area (Å²) in [6.45, 7) is 7.83. The summed E-state index contributed by atoms with van der Waals surface area (Å²) in [7, 11) is 0. The summed E-state index contributed by atoms with van der Waals surface area (Å²) >= 11 is 0. The molecule has 3 heterocycles. The van der Waals surface area contributed by atoms with Crippen LogP contribution >= 0.6 is 0 Å². The summed E-state index contributed by atoms with van der Waals surface area (Å²) in [5.74, 6) is 0. The number of hydrogen-bond donors (Lipinski definition) is 0. The number of nitrogens with zero attached hydrogens (tertiary/aromatic N) is 5. The molecular weight excluding hydrogens is 350 g/mol. The lowest BCUT2D eigenvalue weighted by Crippen LogP contribution is -2.37. The lowest BCUT2D eigenvalue weighted by atomic mass is 10.1. The van der Waals surface area contributed by atoms with E-state index in [4.69, 9.17) is 4.74 Å². The van der Waals surface area contributed by atoms with Crippen molar-refractivity contribution in [1.29, 1.82) is 0 Å². The molecule has 2 aromatic heterocycles. The summed E-state index contributed by atoms with van der Waals surface area (Å²) in [6.07, 6.45) is 2.82. The first-order valence-electron chi connectivity index (χ1n) is 10.1. The van der Waals surface area contributed by atoms with Crippen molar-refractivity contribution in [3.8, 4) is 5.69 Å². The Morgan fingerprint density at radius 3 is 2.68 bits per heavy atom. The number of hydrogen-bond acceptors (Lipinski definition) is 4. The fourth-order valence-electron chi connectivity index (χ4n) is 4.26. The van der Waals surface area contributed by atoms with Crippen LogP contribution in [0, 0.1) is 0 Å². The first-order chi connectivity index (χ1) is 13.8. The van der Waals surface area contributed by atoms with E-state index in [0.717, 1.165) is 57.2 Å². The van der Waals surface area contributed by atoms with Crippen LogP contribution in [0.15, 0.2) is 48.7 Å². The molecule has 6 nitrogen and oxygen atoms in total. The Kier molecular flexibility index (Phi) is 4.58. The van der Waals surface area contributed by atoms with E-state index in [0.29, 0.717) is 0 Å². The van der Waals surface area contributed by atoms with E-state index in [9.17, 15) is 0 Å². The van der Waals surface area contributed by atoms with Crippen molar-refractivity contribution in [2.45, 2.75) is 19.9 Å². The van der Waals surface area contributed by atoms with Gasteiger partial charge in [-0.25, -0.2) is 4.68 Å². The summed E-state index contributed by atoms with van der Waals surface area (Å²) in [4.78, 5) is 2.44. The van der Waals surface area contributed by atoms with Gasteiger partial charge in [0.1, 0.15) is 0 Å². The summed E-state index contributed by atoms with van der Waals surface area (Å²) in [5.41, 5.74) is 4.76. The van der Waals surface area contributed by atoms with Crippen LogP contribution in [0.3, 0.4) is 0 Å². The third kappa shape index (κ3) is 2.99. The van der Waals surface area contributed by atoms with Gasteiger partial charge in [-0.1, -0.05) is 23.4 Å². The minimum Gasteiger partial charge on any atom is -0.379 e. The van der Waals surface area contributed by atoms with Crippen LogP contribution in [0.25, 0.3) is 27.5 Å². The lowest BCUT2D eigenvalue weighted by Gasteiger charge is -2.26. The van der Waals surface area contributed by atoms with Gasteiger partial charge in [0.2, 0.25) is 0 Å². The highest BCUT2D eigenvalue weighted by Gasteiger charge is 2.14. The van der Waals surface area contributed by atoms with Crippen molar-refractivity contribution < 1.29 is 4.74 Å². The molecule has 2 aromatic carbocycles. The molecule has 1 aliphatic heterocycles. The largest absolute Gasteiger partial charge is 0.379 e. The molecule has 1 saturated heterocycles. The predicted molar refractivity (Wildman–Crippen MR) is 111 cm³/mol. The second-order valence-electron chi connectivity index (χ2n) is 7.30. The lowest BCUT2D eigenvalue weighted by molar-refractivity contribution is 0.0383. The molecule has 1 aliphatic rings. The molecule has 0 spiro atoms. The van der Waals surface area contributed by atoms with Gasteiger partial charge in [0, 0.05) is 54.4 Å². The molecule has 4 aromatic rings. The topological polar surface area (TPSA) is 48.1 Å². The van der Waals surface area contributed by atoms with Gasteiger partial charge in [0.05, 0.1) is 30.8 Å². The Labute approximate surface area is 164 Å². The van der Waals surface area contributed by atoms with Gasteiger partial charge in [-0.15, -0.1) is 5.10 Å². The van der Waals surface area contributed by atoms with Crippen LogP contribution in [0.1, 0.15) is 12.6 Å². The number of benzene rings is 2.